The second kappa shape index (κ2) is 9.80. The van der Waals surface area contributed by atoms with Crippen molar-refractivity contribution < 1.29 is 10.0 Å². The van der Waals surface area contributed by atoms with E-state index in [1.165, 1.54) is 0 Å². The smallest absolute Gasteiger partial charge is 0.274 e. The number of anilines is 1. The van der Waals surface area contributed by atoms with E-state index in [4.69, 9.17) is 21.8 Å². The van der Waals surface area contributed by atoms with E-state index in [-0.39, 0.29) is 0 Å². The molecule has 1 saturated heterocycles. The summed E-state index contributed by atoms with van der Waals surface area (Å²) in [6.45, 7) is 3.78. The quantitative estimate of drug-likeness (QED) is 0.230. The standard InChI is InChI=1S/C27H24ClN5O2/c1-32-11-13-33(14-12-32)25-17-24-23(16-19(25)8-5-18-6-9-22(28)10-7-18)29-26(30-24)20-3-2-4-21(15-20)27(34)31-35/h2-4,6-7,9-10,15-17,35H,11-14H2,1H3,(H,29,30)(H,31,34). The van der Waals surface area contributed by atoms with Crippen LogP contribution in [0.15, 0.2) is 60.7 Å². The van der Waals surface area contributed by atoms with Gasteiger partial charge in [-0.15, -0.1) is 0 Å². The number of likely N-dealkylation sites (N-methyl/N-ethyl adjacent to an activating group) is 1. The predicted octanol–water partition coefficient (Wildman–Crippen LogP) is 4.15. The zero-order chi connectivity index (χ0) is 24.4. The number of imidazole rings is 1. The van der Waals surface area contributed by atoms with Gasteiger partial charge in [0, 0.05) is 47.9 Å². The number of aromatic nitrogens is 2. The van der Waals surface area contributed by atoms with Crippen LogP contribution >= 0.6 is 11.6 Å². The molecule has 4 aromatic rings. The number of amides is 1. The van der Waals surface area contributed by atoms with Crippen LogP contribution in [0.4, 0.5) is 5.69 Å². The van der Waals surface area contributed by atoms with E-state index in [0.717, 1.165) is 59.6 Å². The van der Waals surface area contributed by atoms with Gasteiger partial charge in [-0.05, 0) is 55.6 Å². The monoisotopic (exact) mass is 485 g/mol. The number of hydroxylamine groups is 1. The zero-order valence-corrected chi connectivity index (χ0v) is 19.9. The number of H-pyrrole nitrogens is 1. The number of hydrogen-bond acceptors (Lipinski definition) is 5. The first kappa shape index (κ1) is 22.9. The van der Waals surface area contributed by atoms with Crippen molar-refractivity contribution in [3.05, 3.63) is 82.4 Å². The minimum Gasteiger partial charge on any atom is -0.368 e. The van der Waals surface area contributed by atoms with Crippen LogP contribution in [0.2, 0.25) is 5.02 Å². The van der Waals surface area contributed by atoms with Gasteiger partial charge in [-0.3, -0.25) is 10.0 Å². The topological polar surface area (TPSA) is 84.5 Å². The Kier molecular flexibility index (Phi) is 6.43. The first-order valence-corrected chi connectivity index (χ1v) is 11.7. The average Bonchev–Trinajstić information content (AvgIpc) is 3.31. The molecule has 0 saturated carbocycles. The van der Waals surface area contributed by atoms with Gasteiger partial charge in [0.2, 0.25) is 0 Å². The molecule has 1 aromatic heterocycles. The Morgan fingerprint density at radius 2 is 1.83 bits per heavy atom. The fraction of sp³-hybridized carbons (Fsp3) is 0.185. The van der Waals surface area contributed by atoms with Gasteiger partial charge in [0.15, 0.2) is 0 Å². The lowest BCUT2D eigenvalue weighted by Gasteiger charge is -2.34. The van der Waals surface area contributed by atoms with Crippen molar-refractivity contribution in [3.63, 3.8) is 0 Å². The first-order valence-electron chi connectivity index (χ1n) is 11.3. The van der Waals surface area contributed by atoms with Crippen LogP contribution in [-0.4, -0.2) is 59.2 Å². The molecule has 3 N–H and O–H groups in total. The lowest BCUT2D eigenvalue weighted by atomic mass is 10.1. The summed E-state index contributed by atoms with van der Waals surface area (Å²) in [5, 5.41) is 9.64. The molecule has 0 spiro atoms. The Labute approximate surface area is 208 Å². The predicted molar refractivity (Wildman–Crippen MR) is 138 cm³/mol. The molecule has 1 fully saturated rings. The Morgan fingerprint density at radius 1 is 1.06 bits per heavy atom. The summed E-state index contributed by atoms with van der Waals surface area (Å²) in [5.41, 5.74) is 7.31. The van der Waals surface area contributed by atoms with Gasteiger partial charge in [-0.2, -0.15) is 0 Å². The van der Waals surface area contributed by atoms with Gasteiger partial charge in [0.05, 0.1) is 22.3 Å². The van der Waals surface area contributed by atoms with E-state index >= 15 is 0 Å². The molecule has 3 aromatic carbocycles. The minimum atomic E-state index is -0.569. The van der Waals surface area contributed by atoms with Crippen molar-refractivity contribution in [1.82, 2.24) is 20.3 Å². The van der Waals surface area contributed by atoms with E-state index in [1.54, 1.807) is 23.7 Å². The minimum absolute atomic E-state index is 0.345. The molecule has 7 nitrogen and oxygen atoms in total. The number of carbonyl (C=O) groups excluding carboxylic acids is 1. The number of aromatic amines is 1. The number of carbonyl (C=O) groups is 1. The number of nitrogens with zero attached hydrogens (tertiary/aromatic N) is 3. The van der Waals surface area contributed by atoms with Crippen molar-refractivity contribution in [1.29, 1.82) is 0 Å². The molecule has 8 heteroatoms. The van der Waals surface area contributed by atoms with Crippen LogP contribution in [0.25, 0.3) is 22.4 Å². The molecule has 176 valence electrons. The Morgan fingerprint density at radius 3 is 2.57 bits per heavy atom. The fourth-order valence-electron chi connectivity index (χ4n) is 4.14. The zero-order valence-electron chi connectivity index (χ0n) is 19.2. The number of hydrogen-bond donors (Lipinski definition) is 3. The lowest BCUT2D eigenvalue weighted by Crippen LogP contribution is -2.44. The maximum atomic E-state index is 11.8. The molecule has 5 rings (SSSR count). The van der Waals surface area contributed by atoms with Crippen LogP contribution in [0, 0.1) is 11.8 Å². The van der Waals surface area contributed by atoms with Gasteiger partial charge < -0.3 is 14.8 Å². The summed E-state index contributed by atoms with van der Waals surface area (Å²) in [5.74, 6) is 6.68. The third kappa shape index (κ3) is 5.00. The van der Waals surface area contributed by atoms with Crippen LogP contribution in [0.3, 0.4) is 0 Å². The first-order chi connectivity index (χ1) is 17.0. The fourth-order valence-corrected chi connectivity index (χ4v) is 4.26. The summed E-state index contributed by atoms with van der Waals surface area (Å²) in [6.07, 6.45) is 0. The van der Waals surface area contributed by atoms with Crippen LogP contribution in [0.1, 0.15) is 21.5 Å². The molecule has 0 atom stereocenters. The number of halogens is 1. The van der Waals surface area contributed by atoms with Crippen molar-refractivity contribution >= 4 is 34.2 Å². The summed E-state index contributed by atoms with van der Waals surface area (Å²) in [6, 6.07) is 18.6. The SMILES string of the molecule is CN1CCN(c2cc3nc(-c4cccc(C(=O)NO)c4)[nH]c3cc2C#Cc2ccc(Cl)cc2)CC1. The van der Waals surface area contributed by atoms with E-state index in [1.807, 2.05) is 36.4 Å². The van der Waals surface area contributed by atoms with Crippen molar-refractivity contribution in [3.8, 4) is 23.2 Å². The summed E-state index contributed by atoms with van der Waals surface area (Å²) in [7, 11) is 2.13. The second-order valence-electron chi connectivity index (χ2n) is 8.54. The maximum absolute atomic E-state index is 11.8. The number of benzene rings is 3. The van der Waals surface area contributed by atoms with E-state index in [2.05, 4.69) is 39.7 Å². The Balaban J connectivity index is 1.57. The van der Waals surface area contributed by atoms with E-state index in [9.17, 15) is 4.79 Å². The molecule has 2 heterocycles. The second-order valence-corrected chi connectivity index (χ2v) is 8.98. The van der Waals surface area contributed by atoms with Gasteiger partial charge in [-0.1, -0.05) is 35.6 Å². The van der Waals surface area contributed by atoms with Crippen LogP contribution in [-0.2, 0) is 0 Å². The number of piperazine rings is 1. The molecule has 35 heavy (non-hydrogen) atoms. The van der Waals surface area contributed by atoms with Gasteiger partial charge in [0.1, 0.15) is 5.82 Å². The number of fused-ring (bicyclic) bond motifs is 1. The highest BCUT2D eigenvalue weighted by molar-refractivity contribution is 6.30. The molecule has 0 bridgehead atoms. The number of rotatable bonds is 3. The molecule has 0 radical (unpaired) electrons. The van der Waals surface area contributed by atoms with Crippen molar-refractivity contribution in [2.24, 2.45) is 0 Å². The maximum Gasteiger partial charge on any atom is 0.274 e. The van der Waals surface area contributed by atoms with E-state index in [0.29, 0.717) is 16.4 Å². The Bertz CT molecular complexity index is 1440. The highest BCUT2D eigenvalue weighted by atomic mass is 35.5. The molecule has 1 aliphatic heterocycles. The van der Waals surface area contributed by atoms with Gasteiger partial charge in [-0.25, -0.2) is 10.5 Å². The summed E-state index contributed by atoms with van der Waals surface area (Å²) < 4.78 is 0. The summed E-state index contributed by atoms with van der Waals surface area (Å²) in [4.78, 5) is 24.7. The third-order valence-electron chi connectivity index (χ3n) is 6.13. The third-order valence-corrected chi connectivity index (χ3v) is 6.38. The largest absolute Gasteiger partial charge is 0.368 e. The van der Waals surface area contributed by atoms with Gasteiger partial charge >= 0.3 is 0 Å². The molecule has 1 aliphatic rings. The van der Waals surface area contributed by atoms with Crippen LogP contribution < -0.4 is 10.4 Å². The van der Waals surface area contributed by atoms with Gasteiger partial charge in [0.25, 0.3) is 5.91 Å². The molecular weight excluding hydrogens is 462 g/mol. The summed E-state index contributed by atoms with van der Waals surface area (Å²) >= 11 is 6.02. The van der Waals surface area contributed by atoms with Crippen molar-refractivity contribution in [2.45, 2.75) is 0 Å². The molecule has 0 unspecified atom stereocenters. The average molecular weight is 486 g/mol. The molecule has 0 aliphatic carbocycles. The number of nitrogens with one attached hydrogen (secondary N) is 2. The van der Waals surface area contributed by atoms with E-state index < -0.39 is 5.91 Å². The highest BCUT2D eigenvalue weighted by Gasteiger charge is 2.19. The van der Waals surface area contributed by atoms with Crippen LogP contribution in [0.5, 0.6) is 0 Å². The Hall–Kier alpha value is -3.83. The molecular formula is C27H24ClN5O2. The van der Waals surface area contributed by atoms with Crippen molar-refractivity contribution in [2.75, 3.05) is 38.1 Å². The molecule has 1 amide bonds. The normalized spacial score (nSPS) is 14.0. The lowest BCUT2D eigenvalue weighted by molar-refractivity contribution is 0.0706. The highest BCUT2D eigenvalue weighted by Crippen LogP contribution is 2.29.